The zero-order chi connectivity index (χ0) is 20.2. The van der Waals surface area contributed by atoms with Crippen LogP contribution in [0.4, 0.5) is 0 Å². The molecule has 6 heteroatoms. The molecule has 27 heavy (non-hydrogen) atoms. The molecule has 0 radical (unpaired) electrons. The molecular formula is C21H42N2O4. The Hall–Kier alpha value is -0.690. The first-order valence-corrected chi connectivity index (χ1v) is 10.7. The number of nitrogens with two attached hydrogens (primary N) is 1. The minimum Gasteiger partial charge on any atom is -0.391 e. The van der Waals surface area contributed by atoms with Crippen molar-refractivity contribution in [1.82, 2.24) is 5.32 Å². The standard InChI is InChI=1S/C21H42N2O4/c1-15(2)12-18(22)19(24)13-17(21(25)23-14-16(3)4)8-7-11-27-20-9-5-6-10-26-20/h15-20,24H,5-14,22H2,1-4H3,(H,23,25). The van der Waals surface area contributed by atoms with Crippen LogP contribution < -0.4 is 11.1 Å². The topological polar surface area (TPSA) is 93.8 Å². The van der Waals surface area contributed by atoms with Gasteiger partial charge < -0.3 is 25.6 Å². The van der Waals surface area contributed by atoms with E-state index >= 15 is 0 Å². The second kappa shape index (κ2) is 13.5. The lowest BCUT2D eigenvalue weighted by molar-refractivity contribution is -0.163. The minimum atomic E-state index is -0.662. The predicted octanol–water partition coefficient (Wildman–Crippen LogP) is 2.82. The Bertz CT molecular complexity index is 398. The summed E-state index contributed by atoms with van der Waals surface area (Å²) in [6.07, 6.45) is 5.04. The third-order valence-corrected chi connectivity index (χ3v) is 4.96. The zero-order valence-electron chi connectivity index (χ0n) is 17.8. The van der Waals surface area contributed by atoms with Crippen LogP contribution in [0.3, 0.4) is 0 Å². The summed E-state index contributed by atoms with van der Waals surface area (Å²) in [6, 6.07) is -0.294. The molecule has 0 spiro atoms. The van der Waals surface area contributed by atoms with Gasteiger partial charge in [-0.2, -0.15) is 0 Å². The van der Waals surface area contributed by atoms with Gasteiger partial charge in [0.05, 0.1) is 6.10 Å². The van der Waals surface area contributed by atoms with Gasteiger partial charge in [0.2, 0.25) is 5.91 Å². The Kier molecular flexibility index (Phi) is 12.2. The highest BCUT2D eigenvalue weighted by atomic mass is 16.7. The van der Waals surface area contributed by atoms with Crippen molar-refractivity contribution in [2.75, 3.05) is 19.8 Å². The monoisotopic (exact) mass is 386 g/mol. The normalized spacial score (nSPS) is 21.3. The molecule has 1 saturated heterocycles. The van der Waals surface area contributed by atoms with E-state index in [1.54, 1.807) is 0 Å². The first-order chi connectivity index (χ1) is 12.8. The van der Waals surface area contributed by atoms with Gasteiger partial charge >= 0.3 is 0 Å². The lowest BCUT2D eigenvalue weighted by Crippen LogP contribution is -2.41. The van der Waals surface area contributed by atoms with Gasteiger partial charge in [0.1, 0.15) is 0 Å². The number of ether oxygens (including phenoxy) is 2. The Labute approximate surface area is 165 Å². The molecule has 0 aliphatic carbocycles. The van der Waals surface area contributed by atoms with E-state index in [4.69, 9.17) is 15.2 Å². The average molecular weight is 387 g/mol. The molecule has 0 aromatic rings. The molecule has 1 amide bonds. The van der Waals surface area contributed by atoms with Gasteiger partial charge in [-0.1, -0.05) is 27.7 Å². The summed E-state index contributed by atoms with van der Waals surface area (Å²) in [4.78, 5) is 12.6. The Morgan fingerprint density at radius 2 is 1.96 bits per heavy atom. The van der Waals surface area contributed by atoms with Crippen molar-refractivity contribution in [3.05, 3.63) is 0 Å². The predicted molar refractivity (Wildman–Crippen MR) is 108 cm³/mol. The molecule has 4 N–H and O–H groups in total. The molecule has 1 rings (SSSR count). The summed E-state index contributed by atoms with van der Waals surface area (Å²) in [7, 11) is 0. The number of hydrogen-bond acceptors (Lipinski definition) is 5. The molecule has 1 heterocycles. The summed E-state index contributed by atoms with van der Waals surface area (Å²) in [5, 5.41) is 13.5. The average Bonchev–Trinajstić information content (AvgIpc) is 2.62. The largest absolute Gasteiger partial charge is 0.391 e. The maximum Gasteiger partial charge on any atom is 0.223 e. The lowest BCUT2D eigenvalue weighted by Gasteiger charge is -2.26. The van der Waals surface area contributed by atoms with Crippen molar-refractivity contribution in [1.29, 1.82) is 0 Å². The molecule has 4 atom stereocenters. The van der Waals surface area contributed by atoms with E-state index in [-0.39, 0.29) is 24.2 Å². The fourth-order valence-electron chi connectivity index (χ4n) is 3.36. The molecule has 0 aromatic carbocycles. The number of aliphatic hydroxyl groups excluding tert-OH is 1. The summed E-state index contributed by atoms with van der Waals surface area (Å²) in [5.41, 5.74) is 6.12. The van der Waals surface area contributed by atoms with Crippen molar-refractivity contribution in [3.63, 3.8) is 0 Å². The highest BCUT2D eigenvalue weighted by Crippen LogP contribution is 2.20. The van der Waals surface area contributed by atoms with Crippen LogP contribution in [0.15, 0.2) is 0 Å². The number of hydrogen-bond donors (Lipinski definition) is 3. The van der Waals surface area contributed by atoms with E-state index in [1.807, 2.05) is 0 Å². The van der Waals surface area contributed by atoms with Gasteiger partial charge in [0.25, 0.3) is 0 Å². The first kappa shape index (κ1) is 24.3. The number of aliphatic hydroxyl groups is 1. The molecule has 0 aromatic heterocycles. The minimum absolute atomic E-state index is 0.00779. The number of rotatable bonds is 13. The van der Waals surface area contributed by atoms with E-state index in [2.05, 4.69) is 33.0 Å². The third kappa shape index (κ3) is 11.0. The van der Waals surface area contributed by atoms with Crippen LogP contribution in [-0.4, -0.2) is 49.2 Å². The Morgan fingerprint density at radius 3 is 2.56 bits per heavy atom. The van der Waals surface area contributed by atoms with Crippen LogP contribution in [0.5, 0.6) is 0 Å². The maximum absolute atomic E-state index is 12.6. The summed E-state index contributed by atoms with van der Waals surface area (Å²) >= 11 is 0. The van der Waals surface area contributed by atoms with Crippen molar-refractivity contribution < 1.29 is 19.4 Å². The molecule has 1 fully saturated rings. The van der Waals surface area contributed by atoms with Gasteiger partial charge in [-0.25, -0.2) is 0 Å². The smallest absolute Gasteiger partial charge is 0.223 e. The Balaban J connectivity index is 2.46. The zero-order valence-corrected chi connectivity index (χ0v) is 17.8. The molecule has 160 valence electrons. The summed E-state index contributed by atoms with van der Waals surface area (Å²) in [6.45, 7) is 10.3. The van der Waals surface area contributed by atoms with Gasteiger partial charge in [-0.05, 0) is 56.8 Å². The van der Waals surface area contributed by atoms with Gasteiger partial charge in [0.15, 0.2) is 6.29 Å². The fourth-order valence-corrected chi connectivity index (χ4v) is 3.36. The van der Waals surface area contributed by atoms with E-state index in [0.29, 0.717) is 37.8 Å². The third-order valence-electron chi connectivity index (χ3n) is 4.96. The Morgan fingerprint density at radius 1 is 1.22 bits per heavy atom. The summed E-state index contributed by atoms with van der Waals surface area (Å²) in [5.74, 6) is 0.586. The van der Waals surface area contributed by atoms with Crippen LogP contribution in [0.25, 0.3) is 0 Å². The molecule has 1 aliphatic rings. The number of nitrogens with one attached hydrogen (secondary N) is 1. The van der Waals surface area contributed by atoms with E-state index in [9.17, 15) is 9.90 Å². The van der Waals surface area contributed by atoms with E-state index in [1.165, 1.54) is 0 Å². The number of amides is 1. The van der Waals surface area contributed by atoms with Crippen LogP contribution in [0.1, 0.15) is 72.6 Å². The lowest BCUT2D eigenvalue weighted by atomic mass is 9.89. The van der Waals surface area contributed by atoms with Crippen molar-refractivity contribution in [2.45, 2.75) is 91.1 Å². The summed E-state index contributed by atoms with van der Waals surface area (Å²) < 4.78 is 11.3. The molecule has 4 unspecified atom stereocenters. The highest BCUT2D eigenvalue weighted by Gasteiger charge is 2.26. The van der Waals surface area contributed by atoms with Crippen LogP contribution in [-0.2, 0) is 14.3 Å². The molecule has 0 bridgehead atoms. The van der Waals surface area contributed by atoms with E-state index in [0.717, 1.165) is 38.7 Å². The first-order valence-electron chi connectivity index (χ1n) is 10.7. The second-order valence-electron chi connectivity index (χ2n) is 8.74. The van der Waals surface area contributed by atoms with Gasteiger partial charge in [-0.3, -0.25) is 4.79 Å². The van der Waals surface area contributed by atoms with Crippen LogP contribution >= 0.6 is 0 Å². The van der Waals surface area contributed by atoms with Crippen LogP contribution in [0.2, 0.25) is 0 Å². The van der Waals surface area contributed by atoms with Crippen molar-refractivity contribution in [3.8, 4) is 0 Å². The second-order valence-corrected chi connectivity index (χ2v) is 8.74. The number of carbonyl (C=O) groups is 1. The highest BCUT2D eigenvalue weighted by molar-refractivity contribution is 5.78. The SMILES string of the molecule is CC(C)CNC(=O)C(CCCOC1CCCCO1)CC(O)C(N)CC(C)C. The van der Waals surface area contributed by atoms with E-state index < -0.39 is 6.10 Å². The quantitative estimate of drug-likeness (QED) is 0.423. The molecule has 0 saturated carbocycles. The van der Waals surface area contributed by atoms with Gasteiger partial charge in [0, 0.05) is 31.7 Å². The maximum atomic E-state index is 12.6. The van der Waals surface area contributed by atoms with Crippen molar-refractivity contribution >= 4 is 5.91 Å². The molecular weight excluding hydrogens is 344 g/mol. The fraction of sp³-hybridized carbons (Fsp3) is 0.952. The molecule has 1 aliphatic heterocycles. The van der Waals surface area contributed by atoms with Crippen molar-refractivity contribution in [2.24, 2.45) is 23.5 Å². The van der Waals surface area contributed by atoms with Crippen LogP contribution in [0, 0.1) is 17.8 Å². The van der Waals surface area contributed by atoms with Gasteiger partial charge in [-0.15, -0.1) is 0 Å². The molecule has 6 nitrogen and oxygen atoms in total. The number of carbonyl (C=O) groups excluding carboxylic acids is 1.